The zero-order valence-corrected chi connectivity index (χ0v) is 25.5. The van der Waals surface area contributed by atoms with Gasteiger partial charge in [-0.05, 0) is 50.4 Å². The number of carbonyl (C=O) groups is 2. The van der Waals surface area contributed by atoms with Crippen molar-refractivity contribution in [2.24, 2.45) is 5.73 Å². The lowest BCUT2D eigenvalue weighted by Gasteiger charge is -2.34. The van der Waals surface area contributed by atoms with Crippen LogP contribution in [0.15, 0.2) is 43.0 Å². The molecule has 1 saturated heterocycles. The average Bonchev–Trinajstić information content (AvgIpc) is 3.58. The predicted molar refractivity (Wildman–Crippen MR) is 170 cm³/mol. The van der Waals surface area contributed by atoms with Crippen LogP contribution in [0.3, 0.4) is 0 Å². The van der Waals surface area contributed by atoms with Crippen molar-refractivity contribution in [1.29, 1.82) is 0 Å². The van der Waals surface area contributed by atoms with Gasteiger partial charge in [-0.25, -0.2) is 14.4 Å². The molecule has 0 radical (unpaired) electrons. The van der Waals surface area contributed by atoms with E-state index in [1.165, 1.54) is 6.07 Å². The van der Waals surface area contributed by atoms with Gasteiger partial charge in [0.15, 0.2) is 11.5 Å². The highest BCUT2D eigenvalue weighted by Gasteiger charge is 2.28. The van der Waals surface area contributed by atoms with Crippen molar-refractivity contribution in [1.82, 2.24) is 39.7 Å². The number of carbonyl (C=O) groups excluding carboxylic acids is 2. The number of fused-ring (bicyclic) bond motifs is 1. The first-order valence-corrected chi connectivity index (χ1v) is 15.9. The van der Waals surface area contributed by atoms with E-state index in [0.29, 0.717) is 56.7 Å². The fourth-order valence-corrected chi connectivity index (χ4v) is 5.73. The Morgan fingerprint density at radius 1 is 1.04 bits per heavy atom. The third-order valence-corrected chi connectivity index (χ3v) is 8.50. The molecule has 12 nitrogen and oxygen atoms in total. The number of piperazine rings is 1. The molecule has 0 atom stereocenters. The second-order valence-corrected chi connectivity index (χ2v) is 11.9. The van der Waals surface area contributed by atoms with Crippen molar-refractivity contribution < 1.29 is 14.0 Å². The van der Waals surface area contributed by atoms with Crippen molar-refractivity contribution in [3.63, 3.8) is 0 Å². The quantitative estimate of drug-likeness (QED) is 0.157. The number of benzene rings is 1. The van der Waals surface area contributed by atoms with Gasteiger partial charge >= 0.3 is 0 Å². The molecule has 3 aromatic heterocycles. The second kappa shape index (κ2) is 14.2. The highest BCUT2D eigenvalue weighted by atomic mass is 19.1. The van der Waals surface area contributed by atoms with Crippen LogP contribution in [0.5, 0.6) is 0 Å². The zero-order chi connectivity index (χ0) is 31.2. The molecule has 1 saturated carbocycles. The van der Waals surface area contributed by atoms with Crippen LogP contribution in [0.1, 0.15) is 66.9 Å². The van der Waals surface area contributed by atoms with E-state index in [0.717, 1.165) is 68.4 Å². The van der Waals surface area contributed by atoms with Gasteiger partial charge in [0, 0.05) is 62.2 Å². The minimum Gasteiger partial charge on any atom is -0.355 e. The maximum absolute atomic E-state index is 15.4. The number of aromatic amines is 1. The standard InChI is InChI=1S/C32H41FN10O2/c33-25-16-23(32(45)42-14-12-41(13-15-42)21-29(44)35-11-5-3-1-2-4-10-34)8-9-26(25)39-30-31-36-19-28(24-17-37-38-18-24)43(31)20-27(40-30)22-6-7-22/h8-9,16-20,22H,1-7,10-15,21,34H2,(H,35,44)(H,37,38)(H,39,40). The number of amides is 2. The smallest absolute Gasteiger partial charge is 0.254 e. The van der Waals surface area contributed by atoms with Crippen LogP contribution >= 0.6 is 0 Å². The van der Waals surface area contributed by atoms with E-state index in [1.807, 2.05) is 15.5 Å². The van der Waals surface area contributed by atoms with Crippen LogP contribution in [0.4, 0.5) is 15.9 Å². The normalized spacial score (nSPS) is 15.5. The van der Waals surface area contributed by atoms with Gasteiger partial charge in [0.05, 0.1) is 36.0 Å². The molecule has 5 N–H and O–H groups in total. The van der Waals surface area contributed by atoms with Gasteiger partial charge in [-0.15, -0.1) is 0 Å². The number of hydrogen-bond donors (Lipinski definition) is 4. The number of halogens is 1. The molecule has 4 aromatic rings. The van der Waals surface area contributed by atoms with E-state index in [-0.39, 0.29) is 23.1 Å². The van der Waals surface area contributed by atoms with Crippen LogP contribution in [0.2, 0.25) is 0 Å². The highest BCUT2D eigenvalue weighted by Crippen LogP contribution is 2.40. The summed E-state index contributed by atoms with van der Waals surface area (Å²) in [6.07, 6.45) is 14.8. The number of unbranched alkanes of at least 4 members (excludes halogenated alkanes) is 4. The van der Waals surface area contributed by atoms with Gasteiger partial charge in [0.2, 0.25) is 5.91 Å². The third-order valence-electron chi connectivity index (χ3n) is 8.50. The Kier molecular flexibility index (Phi) is 9.65. The summed E-state index contributed by atoms with van der Waals surface area (Å²) >= 11 is 0. The molecule has 6 rings (SSSR count). The molecule has 0 unspecified atom stereocenters. The number of imidazole rings is 1. The summed E-state index contributed by atoms with van der Waals surface area (Å²) < 4.78 is 17.4. The molecule has 2 aliphatic rings. The summed E-state index contributed by atoms with van der Waals surface area (Å²) in [6.45, 7) is 3.85. The highest BCUT2D eigenvalue weighted by molar-refractivity contribution is 5.95. The molecule has 238 valence electrons. The maximum atomic E-state index is 15.4. The summed E-state index contributed by atoms with van der Waals surface area (Å²) in [5, 5.41) is 13.0. The number of nitrogens with two attached hydrogens (primary N) is 1. The van der Waals surface area contributed by atoms with Gasteiger partial charge in [0.1, 0.15) is 5.82 Å². The van der Waals surface area contributed by atoms with Gasteiger partial charge < -0.3 is 21.3 Å². The number of nitrogens with one attached hydrogen (secondary N) is 3. The van der Waals surface area contributed by atoms with Crippen LogP contribution in [0.25, 0.3) is 16.9 Å². The van der Waals surface area contributed by atoms with Gasteiger partial charge in [-0.1, -0.05) is 19.3 Å². The average molecular weight is 617 g/mol. The summed E-state index contributed by atoms with van der Waals surface area (Å²) in [6, 6.07) is 4.47. The lowest BCUT2D eigenvalue weighted by Crippen LogP contribution is -2.51. The van der Waals surface area contributed by atoms with Crippen molar-refractivity contribution in [3.05, 3.63) is 60.1 Å². The Bertz CT molecular complexity index is 1610. The Balaban J connectivity index is 1.04. The minimum absolute atomic E-state index is 0.00405. The second-order valence-electron chi connectivity index (χ2n) is 11.9. The van der Waals surface area contributed by atoms with Crippen LogP contribution < -0.4 is 16.4 Å². The molecule has 2 fully saturated rings. The number of hydrogen-bond acceptors (Lipinski definition) is 8. The Morgan fingerprint density at radius 3 is 2.58 bits per heavy atom. The Hall–Kier alpha value is -4.36. The molecule has 1 aliphatic carbocycles. The maximum Gasteiger partial charge on any atom is 0.254 e. The monoisotopic (exact) mass is 616 g/mol. The number of anilines is 2. The van der Waals surface area contributed by atoms with Crippen molar-refractivity contribution >= 4 is 29.0 Å². The van der Waals surface area contributed by atoms with Crippen molar-refractivity contribution in [2.75, 3.05) is 51.1 Å². The summed E-state index contributed by atoms with van der Waals surface area (Å²) in [7, 11) is 0. The molecular weight excluding hydrogens is 575 g/mol. The lowest BCUT2D eigenvalue weighted by molar-refractivity contribution is -0.122. The van der Waals surface area contributed by atoms with E-state index >= 15 is 4.39 Å². The largest absolute Gasteiger partial charge is 0.355 e. The molecule has 13 heteroatoms. The van der Waals surface area contributed by atoms with Crippen LogP contribution in [-0.4, -0.2) is 92.0 Å². The zero-order valence-electron chi connectivity index (χ0n) is 25.5. The fraction of sp³-hybridized carbons (Fsp3) is 0.469. The Morgan fingerprint density at radius 2 is 1.84 bits per heavy atom. The SMILES string of the molecule is NCCCCCCCNC(=O)CN1CCN(C(=O)c2ccc(Nc3nc(C4CC4)cn4c(-c5cn[nH]c5)cnc34)c(F)c2)CC1. The van der Waals surface area contributed by atoms with E-state index in [2.05, 4.69) is 25.8 Å². The third kappa shape index (κ3) is 7.48. The van der Waals surface area contributed by atoms with Crippen molar-refractivity contribution in [2.45, 2.75) is 50.9 Å². The number of aromatic nitrogens is 5. The molecular formula is C32H41FN10O2. The first kappa shape index (κ1) is 30.7. The van der Waals surface area contributed by atoms with Crippen LogP contribution in [0, 0.1) is 5.82 Å². The number of rotatable bonds is 14. The lowest BCUT2D eigenvalue weighted by atomic mass is 10.1. The molecule has 2 amide bonds. The van der Waals surface area contributed by atoms with Gasteiger partial charge in [-0.2, -0.15) is 5.10 Å². The molecule has 1 aromatic carbocycles. The van der Waals surface area contributed by atoms with Crippen molar-refractivity contribution in [3.8, 4) is 11.3 Å². The summed E-state index contributed by atoms with van der Waals surface area (Å²) in [4.78, 5) is 38.7. The van der Waals surface area contributed by atoms with E-state index in [4.69, 9.17) is 10.7 Å². The Labute approximate surface area is 261 Å². The molecule has 0 bridgehead atoms. The topological polar surface area (TPSA) is 150 Å². The molecule has 4 heterocycles. The molecule has 45 heavy (non-hydrogen) atoms. The van der Waals surface area contributed by atoms with Gasteiger partial charge in [-0.3, -0.25) is 24.0 Å². The predicted octanol–water partition coefficient (Wildman–Crippen LogP) is 3.66. The summed E-state index contributed by atoms with van der Waals surface area (Å²) in [5.74, 6) is 0.0532. The first-order valence-electron chi connectivity index (χ1n) is 15.9. The van der Waals surface area contributed by atoms with Crippen LogP contribution in [-0.2, 0) is 4.79 Å². The van der Waals surface area contributed by atoms with Gasteiger partial charge in [0.25, 0.3) is 5.91 Å². The molecule has 0 spiro atoms. The molecule has 1 aliphatic heterocycles. The van der Waals surface area contributed by atoms with E-state index in [9.17, 15) is 9.59 Å². The minimum atomic E-state index is -0.547. The number of H-pyrrole nitrogens is 1. The first-order chi connectivity index (χ1) is 22.0. The van der Waals surface area contributed by atoms with E-state index in [1.54, 1.807) is 35.6 Å². The van der Waals surface area contributed by atoms with E-state index < -0.39 is 5.82 Å². The summed E-state index contributed by atoms with van der Waals surface area (Å²) in [5.41, 5.74) is 9.26. The fourth-order valence-electron chi connectivity index (χ4n) is 5.73. The number of nitrogens with zero attached hydrogens (tertiary/aromatic N) is 6.